The Morgan fingerprint density at radius 3 is 1.36 bits per heavy atom. The molecule has 22 heavy (non-hydrogen) atoms. The number of benzene rings is 2. The summed E-state index contributed by atoms with van der Waals surface area (Å²) in [6.45, 7) is 4.30. The third kappa shape index (κ3) is 4.44. The molecule has 0 fully saturated rings. The molecule has 2 aromatic carbocycles. The molecule has 0 nitrogen and oxygen atoms in total. The summed E-state index contributed by atoms with van der Waals surface area (Å²) in [5, 5.41) is 0. The Hall–Kier alpha value is -0.160. The van der Waals surface area contributed by atoms with Gasteiger partial charge in [-0.2, -0.15) is 0 Å². The Morgan fingerprint density at radius 1 is 0.682 bits per heavy atom. The zero-order chi connectivity index (χ0) is 16.3. The van der Waals surface area contributed by atoms with Crippen LogP contribution in [-0.2, 0) is 0 Å². The van der Waals surface area contributed by atoms with Crippen LogP contribution in [0, 0.1) is 13.8 Å². The van der Waals surface area contributed by atoms with Crippen molar-refractivity contribution in [2.24, 2.45) is 0 Å². The quantitative estimate of drug-likeness (QED) is 0.362. The second-order valence-electron chi connectivity index (χ2n) is 4.95. The molecular weight excluding hydrogens is 536 g/mol. The molecule has 0 radical (unpaired) electrons. The fourth-order valence-corrected chi connectivity index (χ4v) is 3.53. The molecule has 0 aromatic heterocycles. The maximum absolute atomic E-state index is 3.47. The SMILES string of the molecule is Cc1cccc(C=C(Br)Br)c1-c1c(C)cccc1C=C(Br)Br. The van der Waals surface area contributed by atoms with Crippen molar-refractivity contribution < 1.29 is 0 Å². The molecule has 2 rings (SSSR count). The smallest absolute Gasteiger partial charge is 0.0610 e. The summed E-state index contributed by atoms with van der Waals surface area (Å²) >= 11 is 13.9. The van der Waals surface area contributed by atoms with Crippen molar-refractivity contribution in [3.05, 3.63) is 65.4 Å². The normalized spacial score (nSPS) is 10.3. The first-order chi connectivity index (χ1) is 10.4. The monoisotopic (exact) mass is 546 g/mol. The van der Waals surface area contributed by atoms with Crippen molar-refractivity contribution in [2.75, 3.05) is 0 Å². The lowest BCUT2D eigenvalue weighted by Gasteiger charge is -2.16. The van der Waals surface area contributed by atoms with E-state index in [-0.39, 0.29) is 0 Å². The van der Waals surface area contributed by atoms with Crippen LogP contribution < -0.4 is 0 Å². The van der Waals surface area contributed by atoms with Crippen LogP contribution in [0.4, 0.5) is 0 Å². The molecule has 4 heteroatoms. The molecule has 0 aliphatic rings. The predicted octanol–water partition coefficient (Wildman–Crippen LogP) is 8.15. The van der Waals surface area contributed by atoms with Crippen LogP contribution in [0.5, 0.6) is 0 Å². The van der Waals surface area contributed by atoms with E-state index >= 15 is 0 Å². The summed E-state index contributed by atoms with van der Waals surface area (Å²) in [6, 6.07) is 12.7. The molecular formula is C18H14Br4. The van der Waals surface area contributed by atoms with Crippen LogP contribution in [-0.4, -0.2) is 0 Å². The predicted molar refractivity (Wildman–Crippen MR) is 113 cm³/mol. The summed E-state index contributed by atoms with van der Waals surface area (Å²) < 4.78 is 1.86. The fraction of sp³-hybridized carbons (Fsp3) is 0.111. The van der Waals surface area contributed by atoms with Gasteiger partial charge in [0.1, 0.15) is 0 Å². The highest BCUT2D eigenvalue weighted by Gasteiger charge is 2.13. The van der Waals surface area contributed by atoms with E-state index in [1.54, 1.807) is 0 Å². The molecule has 0 unspecified atom stereocenters. The minimum atomic E-state index is 0.930. The van der Waals surface area contributed by atoms with Gasteiger partial charge in [0.25, 0.3) is 0 Å². The molecule has 0 heterocycles. The first-order valence-corrected chi connectivity index (χ1v) is 9.82. The average molecular weight is 550 g/mol. The Morgan fingerprint density at radius 2 is 1.05 bits per heavy atom. The van der Waals surface area contributed by atoms with E-state index in [4.69, 9.17) is 0 Å². The highest BCUT2D eigenvalue weighted by molar-refractivity contribution is 9.28. The van der Waals surface area contributed by atoms with E-state index in [1.807, 2.05) is 0 Å². The van der Waals surface area contributed by atoms with E-state index < -0.39 is 0 Å². The van der Waals surface area contributed by atoms with Gasteiger partial charge < -0.3 is 0 Å². The number of halogens is 4. The summed E-state index contributed by atoms with van der Waals surface area (Å²) in [6.07, 6.45) is 4.18. The van der Waals surface area contributed by atoms with Gasteiger partial charge in [0.2, 0.25) is 0 Å². The zero-order valence-corrected chi connectivity index (χ0v) is 18.5. The van der Waals surface area contributed by atoms with Gasteiger partial charge in [-0.15, -0.1) is 0 Å². The maximum atomic E-state index is 3.47. The third-order valence-corrected chi connectivity index (χ3v) is 4.30. The summed E-state index contributed by atoms with van der Waals surface area (Å²) in [4.78, 5) is 0. The molecule has 0 saturated heterocycles. The van der Waals surface area contributed by atoms with E-state index in [9.17, 15) is 0 Å². The minimum absolute atomic E-state index is 0.930. The molecule has 2 aromatic rings. The molecule has 0 aliphatic carbocycles. The van der Waals surface area contributed by atoms with Crippen LogP contribution in [0.1, 0.15) is 22.3 Å². The highest BCUT2D eigenvalue weighted by Crippen LogP contribution is 2.37. The van der Waals surface area contributed by atoms with Crippen LogP contribution in [0.3, 0.4) is 0 Å². The van der Waals surface area contributed by atoms with E-state index in [0.717, 1.165) is 6.78 Å². The Bertz CT molecular complexity index is 684. The van der Waals surface area contributed by atoms with Gasteiger partial charge in [0, 0.05) is 0 Å². The highest BCUT2D eigenvalue weighted by atomic mass is 79.9. The van der Waals surface area contributed by atoms with Crippen LogP contribution in [0.15, 0.2) is 43.2 Å². The van der Waals surface area contributed by atoms with Crippen molar-refractivity contribution in [1.82, 2.24) is 0 Å². The number of hydrogen-bond acceptors (Lipinski definition) is 0. The van der Waals surface area contributed by atoms with Crippen molar-refractivity contribution in [1.29, 1.82) is 0 Å². The van der Waals surface area contributed by atoms with Crippen LogP contribution in [0.25, 0.3) is 23.3 Å². The summed E-state index contributed by atoms with van der Waals surface area (Å²) in [5.41, 5.74) is 7.38. The standard InChI is InChI=1S/C18H14Br4/c1-11-5-3-7-13(9-15(19)20)17(11)18-12(2)6-4-8-14(18)10-16(21)22/h3-10H,1-2H3. The lowest BCUT2D eigenvalue weighted by Crippen LogP contribution is -1.94. The van der Waals surface area contributed by atoms with Crippen LogP contribution >= 0.6 is 63.7 Å². The fourth-order valence-electron chi connectivity index (χ4n) is 2.54. The van der Waals surface area contributed by atoms with Crippen molar-refractivity contribution in [3.8, 4) is 11.1 Å². The Balaban J connectivity index is 2.83. The lowest BCUT2D eigenvalue weighted by atomic mass is 9.89. The zero-order valence-electron chi connectivity index (χ0n) is 12.1. The molecule has 0 saturated carbocycles. The van der Waals surface area contributed by atoms with Gasteiger partial charge in [-0.3, -0.25) is 0 Å². The summed E-state index contributed by atoms with van der Waals surface area (Å²) in [7, 11) is 0. The Kier molecular flexibility index (Phi) is 6.69. The van der Waals surface area contributed by atoms with Gasteiger partial charge >= 0.3 is 0 Å². The van der Waals surface area contributed by atoms with Crippen molar-refractivity contribution in [3.63, 3.8) is 0 Å². The first-order valence-electron chi connectivity index (χ1n) is 6.65. The summed E-state index contributed by atoms with van der Waals surface area (Å²) in [5.74, 6) is 0. The minimum Gasteiger partial charge on any atom is -0.0614 e. The molecule has 0 N–H and O–H groups in total. The third-order valence-electron chi connectivity index (χ3n) is 3.39. The molecule has 0 atom stereocenters. The average Bonchev–Trinajstić information content (AvgIpc) is 2.40. The number of aryl methyl sites for hydroxylation is 2. The largest absolute Gasteiger partial charge is 0.0614 e. The first kappa shape index (κ1) is 18.2. The number of rotatable bonds is 3. The van der Waals surface area contributed by atoms with Gasteiger partial charge in [0.15, 0.2) is 0 Å². The molecule has 0 bridgehead atoms. The van der Waals surface area contributed by atoms with Gasteiger partial charge in [-0.1, -0.05) is 36.4 Å². The molecule has 0 aliphatic heterocycles. The van der Waals surface area contributed by atoms with E-state index in [1.165, 1.54) is 33.4 Å². The van der Waals surface area contributed by atoms with E-state index in [2.05, 4.69) is 126 Å². The second-order valence-corrected chi connectivity index (χ2v) is 10.5. The van der Waals surface area contributed by atoms with Gasteiger partial charge in [0.05, 0.1) is 6.78 Å². The number of hydrogen-bond donors (Lipinski definition) is 0. The molecule has 0 amide bonds. The maximum Gasteiger partial charge on any atom is 0.0610 e. The topological polar surface area (TPSA) is 0 Å². The lowest BCUT2D eigenvalue weighted by molar-refractivity contribution is 1.39. The van der Waals surface area contributed by atoms with Gasteiger partial charge in [-0.05, 0) is 123 Å². The van der Waals surface area contributed by atoms with Crippen molar-refractivity contribution in [2.45, 2.75) is 13.8 Å². The molecule has 0 spiro atoms. The van der Waals surface area contributed by atoms with Crippen molar-refractivity contribution >= 4 is 75.9 Å². The van der Waals surface area contributed by atoms with Gasteiger partial charge in [-0.25, -0.2) is 0 Å². The second kappa shape index (κ2) is 8.09. The Labute approximate surface area is 165 Å². The van der Waals surface area contributed by atoms with E-state index in [0.29, 0.717) is 0 Å². The van der Waals surface area contributed by atoms with Crippen LogP contribution in [0.2, 0.25) is 0 Å². The molecule has 114 valence electrons.